The maximum absolute atomic E-state index is 13.6. The highest BCUT2D eigenvalue weighted by Crippen LogP contribution is 2.19. The predicted octanol–water partition coefficient (Wildman–Crippen LogP) is 1.59. The van der Waals surface area contributed by atoms with E-state index in [1.165, 1.54) is 13.2 Å². The molecule has 1 saturated heterocycles. The third kappa shape index (κ3) is 3.48. The van der Waals surface area contributed by atoms with Crippen LogP contribution < -0.4 is 10.1 Å². The Morgan fingerprint density at radius 1 is 1.55 bits per heavy atom. The zero-order chi connectivity index (χ0) is 14.5. The maximum Gasteiger partial charge on any atom is 0.223 e. The first kappa shape index (κ1) is 14.8. The van der Waals surface area contributed by atoms with Gasteiger partial charge in [-0.05, 0) is 31.0 Å². The van der Waals surface area contributed by atoms with E-state index in [2.05, 4.69) is 5.32 Å². The van der Waals surface area contributed by atoms with Crippen LogP contribution in [0, 0.1) is 5.82 Å². The van der Waals surface area contributed by atoms with E-state index in [1.807, 2.05) is 11.8 Å². The van der Waals surface area contributed by atoms with Crippen molar-refractivity contribution < 1.29 is 13.9 Å². The number of carbonyl (C=O) groups excluding carboxylic acids is 1. The van der Waals surface area contributed by atoms with Gasteiger partial charge in [-0.15, -0.1) is 0 Å². The lowest BCUT2D eigenvalue weighted by Gasteiger charge is -2.34. The van der Waals surface area contributed by atoms with Crippen LogP contribution in [0.15, 0.2) is 18.2 Å². The first-order valence-electron chi connectivity index (χ1n) is 6.94. The number of benzene rings is 1. The second kappa shape index (κ2) is 6.70. The maximum atomic E-state index is 13.6. The van der Waals surface area contributed by atoms with E-state index in [4.69, 9.17) is 4.74 Å². The number of aryl methyl sites for hydroxylation is 1. The molecule has 1 aromatic rings. The van der Waals surface area contributed by atoms with Crippen LogP contribution in [0.5, 0.6) is 5.75 Å². The van der Waals surface area contributed by atoms with Gasteiger partial charge in [-0.1, -0.05) is 6.07 Å². The molecule has 1 aromatic carbocycles. The molecule has 0 unspecified atom stereocenters. The summed E-state index contributed by atoms with van der Waals surface area (Å²) in [5.41, 5.74) is 0.819. The van der Waals surface area contributed by atoms with Gasteiger partial charge in [-0.25, -0.2) is 4.39 Å². The number of ether oxygens (including phenoxy) is 1. The van der Waals surface area contributed by atoms with Gasteiger partial charge in [0.2, 0.25) is 5.91 Å². The van der Waals surface area contributed by atoms with Crippen molar-refractivity contribution >= 4 is 5.91 Å². The Bertz CT molecular complexity index is 479. The Balaban J connectivity index is 1.91. The average Bonchev–Trinajstić information content (AvgIpc) is 2.45. The molecule has 4 nitrogen and oxygen atoms in total. The highest BCUT2D eigenvalue weighted by Gasteiger charge is 2.22. The van der Waals surface area contributed by atoms with E-state index in [-0.39, 0.29) is 23.5 Å². The number of rotatable bonds is 4. The molecule has 1 aliphatic rings. The Morgan fingerprint density at radius 2 is 2.35 bits per heavy atom. The average molecular weight is 280 g/mol. The first-order chi connectivity index (χ1) is 9.61. The summed E-state index contributed by atoms with van der Waals surface area (Å²) in [4.78, 5) is 14.1. The molecule has 1 fully saturated rings. The summed E-state index contributed by atoms with van der Waals surface area (Å²) in [6.07, 6.45) is 0.965. The second-order valence-corrected chi connectivity index (χ2v) is 5.11. The summed E-state index contributed by atoms with van der Waals surface area (Å²) in [6, 6.07) is 5.07. The number of hydrogen-bond acceptors (Lipinski definition) is 3. The van der Waals surface area contributed by atoms with Crippen molar-refractivity contribution in [3.8, 4) is 5.75 Å². The van der Waals surface area contributed by atoms with Crippen LogP contribution in [-0.2, 0) is 11.2 Å². The number of piperazine rings is 1. The van der Waals surface area contributed by atoms with E-state index < -0.39 is 0 Å². The third-order valence-corrected chi connectivity index (χ3v) is 3.67. The van der Waals surface area contributed by atoms with Crippen LogP contribution in [0.2, 0.25) is 0 Å². The Labute approximate surface area is 118 Å². The second-order valence-electron chi connectivity index (χ2n) is 5.11. The quantitative estimate of drug-likeness (QED) is 0.910. The predicted molar refractivity (Wildman–Crippen MR) is 75.3 cm³/mol. The fraction of sp³-hybridized carbons (Fsp3) is 0.533. The van der Waals surface area contributed by atoms with E-state index in [1.54, 1.807) is 12.1 Å². The molecule has 0 spiro atoms. The Morgan fingerprint density at radius 3 is 3.00 bits per heavy atom. The van der Waals surface area contributed by atoms with Crippen LogP contribution in [0.3, 0.4) is 0 Å². The fourth-order valence-electron chi connectivity index (χ4n) is 2.47. The summed E-state index contributed by atoms with van der Waals surface area (Å²) >= 11 is 0. The van der Waals surface area contributed by atoms with E-state index >= 15 is 0 Å². The number of carbonyl (C=O) groups is 1. The number of amides is 1. The summed E-state index contributed by atoms with van der Waals surface area (Å²) in [7, 11) is 1.44. The number of halogens is 1. The Kier molecular flexibility index (Phi) is 4.95. The minimum absolute atomic E-state index is 0.134. The molecule has 0 radical (unpaired) electrons. The molecule has 1 amide bonds. The van der Waals surface area contributed by atoms with Gasteiger partial charge in [0.1, 0.15) is 0 Å². The normalized spacial score (nSPS) is 18.9. The molecule has 0 aliphatic carbocycles. The Hall–Kier alpha value is -1.62. The molecule has 0 aromatic heterocycles. The van der Waals surface area contributed by atoms with Gasteiger partial charge < -0.3 is 15.0 Å². The fourth-order valence-corrected chi connectivity index (χ4v) is 2.47. The van der Waals surface area contributed by atoms with Crippen molar-refractivity contribution in [2.75, 3.05) is 26.7 Å². The molecule has 110 valence electrons. The highest BCUT2D eigenvalue weighted by molar-refractivity contribution is 5.77. The van der Waals surface area contributed by atoms with Gasteiger partial charge in [-0.3, -0.25) is 4.79 Å². The lowest BCUT2D eigenvalue weighted by molar-refractivity contribution is -0.133. The highest BCUT2D eigenvalue weighted by atomic mass is 19.1. The van der Waals surface area contributed by atoms with Crippen molar-refractivity contribution in [1.82, 2.24) is 10.2 Å². The lowest BCUT2D eigenvalue weighted by Crippen LogP contribution is -2.52. The van der Waals surface area contributed by atoms with E-state index in [0.29, 0.717) is 12.8 Å². The largest absolute Gasteiger partial charge is 0.494 e. The topological polar surface area (TPSA) is 41.6 Å². The monoisotopic (exact) mass is 280 g/mol. The molecule has 20 heavy (non-hydrogen) atoms. The number of nitrogens with one attached hydrogen (secondary N) is 1. The van der Waals surface area contributed by atoms with Crippen LogP contribution in [0.1, 0.15) is 18.9 Å². The molecule has 1 N–H and O–H groups in total. The van der Waals surface area contributed by atoms with Crippen molar-refractivity contribution in [3.05, 3.63) is 29.6 Å². The molecule has 0 saturated carbocycles. The third-order valence-electron chi connectivity index (χ3n) is 3.67. The molecular weight excluding hydrogens is 259 g/mol. The van der Waals surface area contributed by atoms with Gasteiger partial charge in [0.15, 0.2) is 11.6 Å². The molecule has 1 aliphatic heterocycles. The van der Waals surface area contributed by atoms with Gasteiger partial charge in [0, 0.05) is 32.1 Å². The first-order valence-corrected chi connectivity index (χ1v) is 6.94. The molecule has 2 rings (SSSR count). The van der Waals surface area contributed by atoms with Crippen molar-refractivity contribution in [2.45, 2.75) is 25.8 Å². The lowest BCUT2D eigenvalue weighted by atomic mass is 10.1. The number of methoxy groups -OCH3 is 1. The van der Waals surface area contributed by atoms with E-state index in [0.717, 1.165) is 25.2 Å². The van der Waals surface area contributed by atoms with Crippen LogP contribution in [0.4, 0.5) is 4.39 Å². The summed E-state index contributed by atoms with van der Waals surface area (Å²) < 4.78 is 18.4. The number of hydrogen-bond donors (Lipinski definition) is 1. The zero-order valence-corrected chi connectivity index (χ0v) is 12.0. The summed E-state index contributed by atoms with van der Waals surface area (Å²) in [5.74, 6) is -0.0148. The minimum Gasteiger partial charge on any atom is -0.494 e. The van der Waals surface area contributed by atoms with Crippen LogP contribution in [-0.4, -0.2) is 43.6 Å². The SMILES string of the molecule is COc1ccc(CCC(=O)N2CCNC[C@@H]2C)cc1F. The molecule has 1 atom stereocenters. The van der Waals surface area contributed by atoms with Gasteiger partial charge in [0.05, 0.1) is 7.11 Å². The van der Waals surface area contributed by atoms with Gasteiger partial charge in [-0.2, -0.15) is 0 Å². The van der Waals surface area contributed by atoms with Gasteiger partial charge in [0.25, 0.3) is 0 Å². The van der Waals surface area contributed by atoms with E-state index in [9.17, 15) is 9.18 Å². The van der Waals surface area contributed by atoms with Crippen molar-refractivity contribution in [2.24, 2.45) is 0 Å². The standard InChI is InChI=1S/C15H21FN2O2/c1-11-10-17-7-8-18(11)15(19)6-4-12-3-5-14(20-2)13(16)9-12/h3,5,9,11,17H,4,6-8,10H2,1-2H3/t11-/m0/s1. The number of nitrogens with zero attached hydrogens (tertiary/aromatic N) is 1. The smallest absolute Gasteiger partial charge is 0.223 e. The van der Waals surface area contributed by atoms with Crippen LogP contribution >= 0.6 is 0 Å². The molecule has 0 bridgehead atoms. The van der Waals surface area contributed by atoms with Crippen molar-refractivity contribution in [1.29, 1.82) is 0 Å². The minimum atomic E-state index is -0.381. The summed E-state index contributed by atoms with van der Waals surface area (Å²) in [6.45, 7) is 4.46. The van der Waals surface area contributed by atoms with Gasteiger partial charge >= 0.3 is 0 Å². The van der Waals surface area contributed by atoms with Crippen molar-refractivity contribution in [3.63, 3.8) is 0 Å². The zero-order valence-electron chi connectivity index (χ0n) is 12.0. The molecule has 5 heteroatoms. The molecule has 1 heterocycles. The summed E-state index contributed by atoms with van der Waals surface area (Å²) in [5, 5.41) is 3.26. The molecular formula is C15H21FN2O2. The van der Waals surface area contributed by atoms with Crippen LogP contribution in [0.25, 0.3) is 0 Å².